The third kappa shape index (κ3) is 5.34. The lowest BCUT2D eigenvalue weighted by Gasteiger charge is -2.34. The molecule has 1 amide bonds. The summed E-state index contributed by atoms with van der Waals surface area (Å²) in [6, 6.07) is 11.6. The molecule has 0 saturated carbocycles. The lowest BCUT2D eigenvalue weighted by molar-refractivity contribution is -0.117. The fraction of sp³-hybridized carbons (Fsp3) is 0.458. The molecule has 1 N–H and O–H groups in total. The lowest BCUT2D eigenvalue weighted by atomic mass is 10.0. The van der Waals surface area contributed by atoms with Gasteiger partial charge in [-0.2, -0.15) is 4.31 Å². The molecule has 1 heterocycles. The summed E-state index contributed by atoms with van der Waals surface area (Å²) in [5, 5.41) is 3.10. The molecule has 31 heavy (non-hydrogen) atoms. The van der Waals surface area contributed by atoms with E-state index in [0.717, 1.165) is 40.8 Å². The quantitative estimate of drug-likeness (QED) is 0.712. The number of amides is 1. The number of para-hydroxylation sites is 1. The van der Waals surface area contributed by atoms with Gasteiger partial charge in [-0.3, -0.25) is 9.69 Å². The van der Waals surface area contributed by atoms with Crippen LogP contribution < -0.4 is 5.32 Å². The minimum absolute atomic E-state index is 0.0542. The molecule has 0 atom stereocenters. The van der Waals surface area contributed by atoms with Gasteiger partial charge in [-0.05, 0) is 55.0 Å². The van der Waals surface area contributed by atoms with Gasteiger partial charge in [0.25, 0.3) is 0 Å². The first-order valence-corrected chi connectivity index (χ1v) is 12.4. The number of nitrogens with one attached hydrogen (secondary N) is 1. The van der Waals surface area contributed by atoms with Crippen LogP contribution in [-0.4, -0.2) is 56.3 Å². The largest absolute Gasteiger partial charge is 0.324 e. The molecule has 1 saturated heterocycles. The maximum atomic E-state index is 13.1. The minimum atomic E-state index is -3.53. The Hall–Kier alpha value is -2.22. The SMILES string of the molecule is CCc1cccc(CC)c1NC(=O)CN1CCN(S(=O)(=O)c2cc(C)ccc2C)CC1. The molecule has 1 aliphatic rings. The number of sulfonamides is 1. The van der Waals surface area contributed by atoms with Gasteiger partial charge in [0.05, 0.1) is 11.4 Å². The Morgan fingerprint density at radius 1 is 0.968 bits per heavy atom. The number of benzene rings is 2. The summed E-state index contributed by atoms with van der Waals surface area (Å²) in [6.45, 7) is 9.99. The van der Waals surface area contributed by atoms with Crippen LogP contribution in [0, 0.1) is 13.8 Å². The number of nitrogens with zero attached hydrogens (tertiary/aromatic N) is 2. The predicted molar refractivity (Wildman–Crippen MR) is 125 cm³/mol. The average molecular weight is 444 g/mol. The zero-order valence-corrected chi connectivity index (χ0v) is 19.8. The van der Waals surface area contributed by atoms with Crippen molar-refractivity contribution in [2.75, 3.05) is 38.0 Å². The first kappa shape index (κ1) is 23.4. The van der Waals surface area contributed by atoms with Gasteiger partial charge < -0.3 is 5.32 Å². The zero-order chi connectivity index (χ0) is 22.6. The molecular weight excluding hydrogens is 410 g/mol. The highest BCUT2D eigenvalue weighted by molar-refractivity contribution is 7.89. The van der Waals surface area contributed by atoms with E-state index in [9.17, 15) is 13.2 Å². The Morgan fingerprint density at radius 2 is 1.58 bits per heavy atom. The molecule has 0 unspecified atom stereocenters. The van der Waals surface area contributed by atoms with Crippen LogP contribution in [0.3, 0.4) is 0 Å². The van der Waals surface area contributed by atoms with Gasteiger partial charge in [0, 0.05) is 31.9 Å². The second kappa shape index (κ2) is 9.94. The van der Waals surface area contributed by atoms with Crippen molar-refractivity contribution in [3.63, 3.8) is 0 Å². The highest BCUT2D eigenvalue weighted by Gasteiger charge is 2.30. The Morgan fingerprint density at radius 3 is 2.16 bits per heavy atom. The molecule has 0 aromatic heterocycles. The molecule has 0 radical (unpaired) electrons. The highest BCUT2D eigenvalue weighted by atomic mass is 32.2. The highest BCUT2D eigenvalue weighted by Crippen LogP contribution is 2.24. The fourth-order valence-electron chi connectivity index (χ4n) is 4.04. The third-order valence-electron chi connectivity index (χ3n) is 5.92. The van der Waals surface area contributed by atoms with Gasteiger partial charge >= 0.3 is 0 Å². The summed E-state index contributed by atoms with van der Waals surface area (Å²) in [7, 11) is -3.53. The summed E-state index contributed by atoms with van der Waals surface area (Å²) < 4.78 is 27.7. The Bertz CT molecular complexity index is 1020. The monoisotopic (exact) mass is 443 g/mol. The second-order valence-electron chi connectivity index (χ2n) is 8.16. The van der Waals surface area contributed by atoms with Crippen molar-refractivity contribution >= 4 is 21.6 Å². The van der Waals surface area contributed by atoms with E-state index in [1.54, 1.807) is 6.07 Å². The lowest BCUT2D eigenvalue weighted by Crippen LogP contribution is -2.50. The summed E-state index contributed by atoms with van der Waals surface area (Å²) >= 11 is 0. The van der Waals surface area contributed by atoms with E-state index >= 15 is 0 Å². The molecule has 1 fully saturated rings. The van der Waals surface area contributed by atoms with Crippen molar-refractivity contribution < 1.29 is 13.2 Å². The van der Waals surface area contributed by atoms with Crippen LogP contribution in [0.15, 0.2) is 41.3 Å². The number of anilines is 1. The maximum absolute atomic E-state index is 13.1. The maximum Gasteiger partial charge on any atom is 0.243 e. The van der Waals surface area contributed by atoms with E-state index in [1.807, 2.05) is 49.1 Å². The van der Waals surface area contributed by atoms with Crippen molar-refractivity contribution in [1.29, 1.82) is 0 Å². The van der Waals surface area contributed by atoms with Gasteiger partial charge in [-0.1, -0.05) is 44.2 Å². The van der Waals surface area contributed by atoms with Crippen LogP contribution in [0.1, 0.15) is 36.1 Å². The Kier molecular flexibility index (Phi) is 7.51. The average Bonchev–Trinajstić information content (AvgIpc) is 2.75. The molecule has 2 aromatic rings. The Balaban J connectivity index is 1.62. The van der Waals surface area contributed by atoms with Gasteiger partial charge in [0.1, 0.15) is 0 Å². The molecule has 0 aliphatic carbocycles. The number of rotatable bonds is 7. The van der Waals surface area contributed by atoms with Gasteiger partial charge in [-0.15, -0.1) is 0 Å². The van der Waals surface area contributed by atoms with Crippen LogP contribution in [-0.2, 0) is 27.7 Å². The smallest absolute Gasteiger partial charge is 0.243 e. The number of hydrogen-bond acceptors (Lipinski definition) is 4. The number of carbonyl (C=O) groups excluding carboxylic acids is 1. The molecule has 1 aliphatic heterocycles. The van der Waals surface area contributed by atoms with E-state index in [-0.39, 0.29) is 12.5 Å². The van der Waals surface area contributed by atoms with Crippen LogP contribution in [0.4, 0.5) is 5.69 Å². The first-order chi connectivity index (χ1) is 14.8. The predicted octanol–water partition coefficient (Wildman–Crippen LogP) is 3.37. The topological polar surface area (TPSA) is 69.7 Å². The molecule has 0 spiro atoms. The number of hydrogen-bond donors (Lipinski definition) is 1. The van der Waals surface area contributed by atoms with Gasteiger partial charge in [0.2, 0.25) is 15.9 Å². The van der Waals surface area contributed by atoms with E-state index in [1.165, 1.54) is 4.31 Å². The third-order valence-corrected chi connectivity index (χ3v) is 7.96. The zero-order valence-electron chi connectivity index (χ0n) is 18.9. The van der Waals surface area contributed by atoms with Crippen LogP contribution in [0.25, 0.3) is 0 Å². The van der Waals surface area contributed by atoms with Gasteiger partial charge in [0.15, 0.2) is 0 Å². The summed E-state index contributed by atoms with van der Waals surface area (Å²) in [5.74, 6) is -0.0542. The molecule has 168 valence electrons. The second-order valence-corrected chi connectivity index (χ2v) is 10.1. The van der Waals surface area contributed by atoms with Crippen LogP contribution in [0.5, 0.6) is 0 Å². The summed E-state index contributed by atoms with van der Waals surface area (Å²) in [4.78, 5) is 15.1. The normalized spacial score (nSPS) is 15.7. The van der Waals surface area contributed by atoms with E-state index in [2.05, 4.69) is 19.2 Å². The molecule has 0 bridgehead atoms. The Labute approximate surface area is 186 Å². The first-order valence-electron chi connectivity index (χ1n) is 11.0. The molecular formula is C24H33N3O3S. The number of carbonyl (C=O) groups is 1. The van der Waals surface area contributed by atoms with Crippen LogP contribution in [0.2, 0.25) is 0 Å². The van der Waals surface area contributed by atoms with Crippen molar-refractivity contribution in [2.24, 2.45) is 0 Å². The molecule has 3 rings (SSSR count). The molecule has 2 aromatic carbocycles. The van der Waals surface area contributed by atoms with Gasteiger partial charge in [-0.25, -0.2) is 8.42 Å². The van der Waals surface area contributed by atoms with Crippen LogP contribution >= 0.6 is 0 Å². The van der Waals surface area contributed by atoms with Crippen molar-refractivity contribution in [3.8, 4) is 0 Å². The van der Waals surface area contributed by atoms with Crippen molar-refractivity contribution in [2.45, 2.75) is 45.4 Å². The fourth-order valence-corrected chi connectivity index (χ4v) is 5.77. The van der Waals surface area contributed by atoms with Crippen molar-refractivity contribution in [3.05, 3.63) is 58.7 Å². The number of piperazine rings is 1. The minimum Gasteiger partial charge on any atom is -0.324 e. The number of aryl methyl sites for hydroxylation is 4. The van der Waals surface area contributed by atoms with Crippen molar-refractivity contribution in [1.82, 2.24) is 9.21 Å². The summed E-state index contributed by atoms with van der Waals surface area (Å²) in [5.41, 5.74) is 4.88. The van der Waals surface area contributed by atoms with E-state index in [4.69, 9.17) is 0 Å². The standard InChI is InChI=1S/C24H33N3O3S/c1-5-20-8-7-9-21(6-2)24(20)25-23(28)17-26-12-14-27(15-13-26)31(29,30)22-16-18(3)10-11-19(22)4/h7-11,16H,5-6,12-15,17H2,1-4H3,(H,25,28). The molecule has 7 heteroatoms. The summed E-state index contributed by atoms with van der Waals surface area (Å²) in [6.07, 6.45) is 1.72. The van der Waals surface area contributed by atoms with E-state index in [0.29, 0.717) is 31.1 Å². The molecule has 6 nitrogen and oxygen atoms in total. The van der Waals surface area contributed by atoms with E-state index < -0.39 is 10.0 Å².